The number of nitrogens with zero attached hydrogens (tertiary/aromatic N) is 1. The average molecular weight is 240 g/mol. The van der Waals surface area contributed by atoms with Gasteiger partial charge in [-0.2, -0.15) is 13.2 Å². The Hall–Kier alpha value is -1.78. The van der Waals surface area contributed by atoms with Crippen LogP contribution < -0.4 is 0 Å². The Bertz CT molecular complexity index is 475. The zero-order chi connectivity index (χ0) is 12.3. The third kappa shape index (κ3) is 2.87. The van der Waals surface area contributed by atoms with Gasteiger partial charge in [0.15, 0.2) is 0 Å². The summed E-state index contributed by atoms with van der Waals surface area (Å²) in [6.45, 7) is 0. The van der Waals surface area contributed by atoms with Crippen molar-refractivity contribution in [1.29, 1.82) is 0 Å². The third-order valence-electron chi connectivity index (χ3n) is 2.53. The van der Waals surface area contributed by atoms with Crippen molar-refractivity contribution < 1.29 is 13.2 Å². The molecule has 0 aliphatic carbocycles. The van der Waals surface area contributed by atoms with Crippen LogP contribution in [0.15, 0.2) is 36.8 Å². The van der Waals surface area contributed by atoms with Gasteiger partial charge in [0.25, 0.3) is 0 Å². The highest BCUT2D eigenvalue weighted by molar-refractivity contribution is 5.30. The first kappa shape index (κ1) is 11.7. The number of aromatic nitrogens is 2. The Labute approximate surface area is 96.5 Å². The number of hydrogen-bond acceptors (Lipinski definition) is 1. The van der Waals surface area contributed by atoms with Gasteiger partial charge in [0.1, 0.15) is 0 Å². The molecule has 0 amide bonds. The quantitative estimate of drug-likeness (QED) is 0.876. The molecule has 0 aliphatic heterocycles. The van der Waals surface area contributed by atoms with Crippen molar-refractivity contribution in [2.75, 3.05) is 0 Å². The van der Waals surface area contributed by atoms with Gasteiger partial charge in [-0.1, -0.05) is 18.2 Å². The van der Waals surface area contributed by atoms with E-state index in [1.165, 1.54) is 18.5 Å². The molecular formula is C12H11F3N2. The number of aryl methyl sites for hydroxylation is 2. The Kier molecular flexibility index (Phi) is 3.17. The van der Waals surface area contributed by atoms with Gasteiger partial charge < -0.3 is 4.98 Å². The fourth-order valence-corrected chi connectivity index (χ4v) is 1.71. The maximum absolute atomic E-state index is 12.7. The monoisotopic (exact) mass is 240 g/mol. The molecule has 0 aliphatic rings. The number of nitrogens with one attached hydrogen (secondary N) is 1. The molecule has 0 bridgehead atoms. The molecule has 1 aromatic carbocycles. The number of alkyl halides is 3. The number of H-pyrrole nitrogens is 1. The fraction of sp³-hybridized carbons (Fsp3) is 0.250. The molecule has 17 heavy (non-hydrogen) atoms. The summed E-state index contributed by atoms with van der Waals surface area (Å²) < 4.78 is 38.1. The predicted octanol–water partition coefficient (Wildman–Crippen LogP) is 3.21. The molecule has 0 fully saturated rings. The number of aromatic amines is 1. The van der Waals surface area contributed by atoms with Gasteiger partial charge in [-0.3, -0.25) is 0 Å². The summed E-state index contributed by atoms with van der Waals surface area (Å²) in [5, 5.41) is 0. The predicted molar refractivity (Wildman–Crippen MR) is 57.4 cm³/mol. The molecule has 1 heterocycles. The lowest BCUT2D eigenvalue weighted by molar-refractivity contribution is -0.138. The Morgan fingerprint density at radius 3 is 2.53 bits per heavy atom. The fourth-order valence-electron chi connectivity index (χ4n) is 1.71. The standard InChI is InChI=1S/C12H11F3N2/c13-12(14,15)11-4-2-1-3-9(11)5-6-10-7-16-8-17-10/h1-4,7-8H,5-6H2,(H,16,17). The Morgan fingerprint density at radius 2 is 1.88 bits per heavy atom. The number of benzene rings is 1. The molecule has 1 aromatic heterocycles. The van der Waals surface area contributed by atoms with Crippen molar-refractivity contribution in [3.63, 3.8) is 0 Å². The molecule has 0 radical (unpaired) electrons. The second-order valence-corrected chi connectivity index (χ2v) is 3.72. The van der Waals surface area contributed by atoms with Crippen LogP contribution in [0.5, 0.6) is 0 Å². The van der Waals surface area contributed by atoms with Gasteiger partial charge >= 0.3 is 6.18 Å². The van der Waals surface area contributed by atoms with Crippen molar-refractivity contribution in [2.24, 2.45) is 0 Å². The summed E-state index contributed by atoms with van der Waals surface area (Å²) in [7, 11) is 0. The maximum Gasteiger partial charge on any atom is 0.416 e. The largest absolute Gasteiger partial charge is 0.416 e. The first-order chi connectivity index (χ1) is 8.07. The highest BCUT2D eigenvalue weighted by atomic mass is 19.4. The van der Waals surface area contributed by atoms with Gasteiger partial charge in [-0.05, 0) is 24.5 Å². The molecule has 0 atom stereocenters. The lowest BCUT2D eigenvalue weighted by Gasteiger charge is -2.11. The minimum atomic E-state index is -4.29. The molecule has 2 rings (SSSR count). The van der Waals surface area contributed by atoms with Crippen LogP contribution in [-0.2, 0) is 19.0 Å². The summed E-state index contributed by atoms with van der Waals surface area (Å²) in [5.41, 5.74) is 0.514. The third-order valence-corrected chi connectivity index (χ3v) is 2.53. The summed E-state index contributed by atoms with van der Waals surface area (Å²) in [6, 6.07) is 5.64. The molecule has 1 N–H and O–H groups in total. The van der Waals surface area contributed by atoms with E-state index in [1.54, 1.807) is 12.3 Å². The van der Waals surface area contributed by atoms with Crippen LogP contribution in [-0.4, -0.2) is 9.97 Å². The Balaban J connectivity index is 2.16. The maximum atomic E-state index is 12.7. The molecule has 0 unspecified atom stereocenters. The normalized spacial score (nSPS) is 11.7. The SMILES string of the molecule is FC(F)(F)c1ccccc1CCc1c[nH]cn1. The van der Waals surface area contributed by atoms with Crippen molar-refractivity contribution in [3.05, 3.63) is 53.6 Å². The lowest BCUT2D eigenvalue weighted by atomic mass is 10.0. The summed E-state index contributed by atoms with van der Waals surface area (Å²) in [6.07, 6.45) is -0.250. The Morgan fingerprint density at radius 1 is 1.12 bits per heavy atom. The van der Waals surface area contributed by atoms with Crippen LogP contribution in [0.25, 0.3) is 0 Å². The molecular weight excluding hydrogens is 229 g/mol. The van der Waals surface area contributed by atoms with Gasteiger partial charge in [0.05, 0.1) is 17.6 Å². The van der Waals surface area contributed by atoms with E-state index in [-0.39, 0.29) is 0 Å². The smallest absolute Gasteiger partial charge is 0.351 e. The van der Waals surface area contributed by atoms with Crippen molar-refractivity contribution in [1.82, 2.24) is 9.97 Å². The minimum Gasteiger partial charge on any atom is -0.351 e. The topological polar surface area (TPSA) is 28.7 Å². The van der Waals surface area contributed by atoms with Crippen molar-refractivity contribution in [3.8, 4) is 0 Å². The number of imidazole rings is 1. The molecule has 5 heteroatoms. The summed E-state index contributed by atoms with van der Waals surface area (Å²) in [5.74, 6) is 0. The van der Waals surface area contributed by atoms with Crippen molar-refractivity contribution in [2.45, 2.75) is 19.0 Å². The zero-order valence-electron chi connectivity index (χ0n) is 8.96. The number of halogens is 3. The van der Waals surface area contributed by atoms with E-state index in [1.807, 2.05) is 0 Å². The van der Waals surface area contributed by atoms with Gasteiger partial charge in [0, 0.05) is 6.20 Å². The highest BCUT2D eigenvalue weighted by Crippen LogP contribution is 2.32. The van der Waals surface area contributed by atoms with E-state index >= 15 is 0 Å². The van der Waals surface area contributed by atoms with Crippen LogP contribution >= 0.6 is 0 Å². The van der Waals surface area contributed by atoms with E-state index < -0.39 is 11.7 Å². The van der Waals surface area contributed by atoms with Gasteiger partial charge in [0.2, 0.25) is 0 Å². The number of rotatable bonds is 3. The lowest BCUT2D eigenvalue weighted by Crippen LogP contribution is -2.09. The minimum absolute atomic E-state index is 0.308. The molecule has 2 nitrogen and oxygen atoms in total. The van der Waals surface area contributed by atoms with Crippen LogP contribution in [0.3, 0.4) is 0 Å². The second kappa shape index (κ2) is 4.61. The molecule has 90 valence electrons. The van der Waals surface area contributed by atoms with Gasteiger partial charge in [-0.15, -0.1) is 0 Å². The molecule has 2 aromatic rings. The van der Waals surface area contributed by atoms with Crippen LogP contribution in [0.2, 0.25) is 0 Å². The van der Waals surface area contributed by atoms with Crippen LogP contribution in [0, 0.1) is 0 Å². The van der Waals surface area contributed by atoms with Gasteiger partial charge in [-0.25, -0.2) is 4.98 Å². The van der Waals surface area contributed by atoms with E-state index in [9.17, 15) is 13.2 Å². The van der Waals surface area contributed by atoms with E-state index in [2.05, 4.69) is 9.97 Å². The highest BCUT2D eigenvalue weighted by Gasteiger charge is 2.32. The van der Waals surface area contributed by atoms with Crippen LogP contribution in [0.1, 0.15) is 16.8 Å². The van der Waals surface area contributed by atoms with E-state index in [0.29, 0.717) is 18.4 Å². The summed E-state index contributed by atoms with van der Waals surface area (Å²) in [4.78, 5) is 6.76. The number of hydrogen-bond donors (Lipinski definition) is 1. The average Bonchev–Trinajstić information content (AvgIpc) is 2.78. The summed E-state index contributed by atoms with van der Waals surface area (Å²) >= 11 is 0. The molecule has 0 saturated heterocycles. The second-order valence-electron chi connectivity index (χ2n) is 3.72. The zero-order valence-corrected chi connectivity index (χ0v) is 8.96. The first-order valence-electron chi connectivity index (χ1n) is 5.20. The molecule has 0 spiro atoms. The van der Waals surface area contributed by atoms with Crippen molar-refractivity contribution >= 4 is 0 Å². The van der Waals surface area contributed by atoms with E-state index in [0.717, 1.165) is 11.8 Å². The first-order valence-corrected chi connectivity index (χ1v) is 5.20. The molecule has 0 saturated carbocycles. The van der Waals surface area contributed by atoms with E-state index in [4.69, 9.17) is 0 Å². The van der Waals surface area contributed by atoms with Crippen LogP contribution in [0.4, 0.5) is 13.2 Å².